The monoisotopic (exact) mass is 461 g/mol. The highest BCUT2D eigenvalue weighted by Crippen LogP contribution is 2.33. The van der Waals surface area contributed by atoms with Crippen molar-refractivity contribution in [3.8, 4) is 0 Å². The molecule has 1 aliphatic carbocycles. The maximum Gasteiger partial charge on any atom is 0.410 e. The third-order valence-electron chi connectivity index (χ3n) is 7.07. The summed E-state index contributed by atoms with van der Waals surface area (Å²) in [6.07, 6.45) is 4.32. The van der Waals surface area contributed by atoms with Gasteiger partial charge in [-0.25, -0.2) is 4.79 Å². The second-order valence-corrected chi connectivity index (χ2v) is 10.7. The molecule has 0 unspecified atom stereocenters. The average molecular weight is 462 g/mol. The van der Waals surface area contributed by atoms with Crippen molar-refractivity contribution >= 4 is 23.3 Å². The maximum atomic E-state index is 13.2. The van der Waals surface area contributed by atoms with Crippen molar-refractivity contribution < 1.29 is 14.3 Å². The van der Waals surface area contributed by atoms with Gasteiger partial charge in [-0.15, -0.1) is 0 Å². The van der Waals surface area contributed by atoms with Crippen LogP contribution in [0.1, 0.15) is 67.1 Å². The van der Waals surface area contributed by atoms with E-state index >= 15 is 0 Å². The van der Waals surface area contributed by atoms with Gasteiger partial charge in [0.25, 0.3) is 0 Å². The van der Waals surface area contributed by atoms with Gasteiger partial charge in [-0.1, -0.05) is 0 Å². The van der Waals surface area contributed by atoms with Crippen LogP contribution >= 0.6 is 0 Å². The van der Waals surface area contributed by atoms with E-state index in [4.69, 9.17) is 4.74 Å². The first-order valence-electron chi connectivity index (χ1n) is 12.6. The van der Waals surface area contributed by atoms with Crippen molar-refractivity contribution in [3.63, 3.8) is 0 Å². The van der Waals surface area contributed by atoms with Gasteiger partial charge in [0.15, 0.2) is 5.78 Å². The SMILES string of the molecule is CC(C)(C)OC(=O)N1CCN(c2ccc3c(c2)Cc2cc(N4CCCCC4)ccc2C3=O)CC1. The summed E-state index contributed by atoms with van der Waals surface area (Å²) in [7, 11) is 0. The number of anilines is 2. The Bertz CT molecular complexity index is 1090. The molecule has 180 valence electrons. The number of piperazine rings is 1. The van der Waals surface area contributed by atoms with E-state index in [1.807, 2.05) is 39.0 Å². The van der Waals surface area contributed by atoms with E-state index in [9.17, 15) is 9.59 Å². The van der Waals surface area contributed by atoms with E-state index in [0.29, 0.717) is 13.1 Å². The Hall–Kier alpha value is -3.02. The number of ether oxygens (including phenoxy) is 1. The van der Waals surface area contributed by atoms with Crippen molar-refractivity contribution in [2.75, 3.05) is 49.1 Å². The molecular weight excluding hydrogens is 426 g/mol. The quantitative estimate of drug-likeness (QED) is 0.545. The lowest BCUT2D eigenvalue weighted by Crippen LogP contribution is -2.50. The first-order valence-corrected chi connectivity index (χ1v) is 12.6. The fraction of sp³-hybridized carbons (Fsp3) is 0.500. The number of carbonyl (C=O) groups excluding carboxylic acids is 2. The second-order valence-electron chi connectivity index (χ2n) is 10.7. The normalized spacial score (nSPS) is 18.4. The number of amides is 1. The Morgan fingerprint density at radius 2 is 1.29 bits per heavy atom. The zero-order chi connectivity index (χ0) is 23.9. The highest BCUT2D eigenvalue weighted by Gasteiger charge is 2.28. The van der Waals surface area contributed by atoms with Gasteiger partial charge in [-0.3, -0.25) is 4.79 Å². The largest absolute Gasteiger partial charge is 0.444 e. The summed E-state index contributed by atoms with van der Waals surface area (Å²) < 4.78 is 5.52. The first kappa shape index (κ1) is 22.8. The van der Waals surface area contributed by atoms with E-state index < -0.39 is 5.60 Å². The first-order chi connectivity index (χ1) is 16.3. The van der Waals surface area contributed by atoms with Crippen LogP contribution in [0.4, 0.5) is 16.2 Å². The highest BCUT2D eigenvalue weighted by molar-refractivity contribution is 6.12. The topological polar surface area (TPSA) is 53.1 Å². The number of hydrogen-bond donors (Lipinski definition) is 0. The van der Waals surface area contributed by atoms with Crippen LogP contribution in [0.25, 0.3) is 0 Å². The number of fused-ring (bicyclic) bond motifs is 2. The smallest absolute Gasteiger partial charge is 0.410 e. The summed E-state index contributed by atoms with van der Waals surface area (Å²) in [5.41, 5.74) is 5.76. The third kappa shape index (κ3) is 4.63. The van der Waals surface area contributed by atoms with Crippen LogP contribution in [-0.2, 0) is 11.2 Å². The molecule has 0 radical (unpaired) electrons. The van der Waals surface area contributed by atoms with Gasteiger partial charge in [-0.2, -0.15) is 0 Å². The molecule has 2 aliphatic heterocycles. The predicted octanol–water partition coefficient (Wildman–Crippen LogP) is 4.87. The van der Waals surface area contributed by atoms with Crippen LogP contribution in [-0.4, -0.2) is 61.6 Å². The van der Waals surface area contributed by atoms with Crippen LogP contribution in [0.3, 0.4) is 0 Å². The number of piperidine rings is 1. The zero-order valence-electron chi connectivity index (χ0n) is 20.6. The Morgan fingerprint density at radius 1 is 0.765 bits per heavy atom. The molecule has 34 heavy (non-hydrogen) atoms. The minimum absolute atomic E-state index is 0.128. The van der Waals surface area contributed by atoms with Crippen molar-refractivity contribution in [1.82, 2.24) is 4.90 Å². The van der Waals surface area contributed by atoms with Gasteiger partial charge >= 0.3 is 6.09 Å². The van der Waals surface area contributed by atoms with Gasteiger partial charge in [-0.05, 0) is 94.0 Å². The van der Waals surface area contributed by atoms with E-state index in [2.05, 4.69) is 28.0 Å². The molecule has 0 saturated carbocycles. The van der Waals surface area contributed by atoms with Gasteiger partial charge in [0, 0.05) is 61.8 Å². The van der Waals surface area contributed by atoms with Crippen molar-refractivity contribution in [2.24, 2.45) is 0 Å². The molecule has 1 amide bonds. The number of hydrogen-bond acceptors (Lipinski definition) is 5. The van der Waals surface area contributed by atoms with Crippen LogP contribution in [0.15, 0.2) is 36.4 Å². The summed E-state index contributed by atoms with van der Waals surface area (Å²) in [6.45, 7) is 10.6. The number of rotatable bonds is 2. The summed E-state index contributed by atoms with van der Waals surface area (Å²) >= 11 is 0. The lowest BCUT2D eigenvalue weighted by Gasteiger charge is -2.37. The molecule has 6 heteroatoms. The summed E-state index contributed by atoms with van der Waals surface area (Å²) in [5, 5.41) is 0. The van der Waals surface area contributed by atoms with Crippen LogP contribution in [0, 0.1) is 0 Å². The van der Waals surface area contributed by atoms with E-state index in [0.717, 1.165) is 60.5 Å². The Morgan fingerprint density at radius 3 is 1.82 bits per heavy atom. The molecule has 2 saturated heterocycles. The molecular formula is C28H35N3O3. The summed E-state index contributed by atoms with van der Waals surface area (Å²) in [6, 6.07) is 12.6. The van der Waals surface area contributed by atoms with Crippen LogP contribution in [0.5, 0.6) is 0 Å². The average Bonchev–Trinajstić information content (AvgIpc) is 2.83. The lowest BCUT2D eigenvalue weighted by atomic mass is 9.84. The minimum atomic E-state index is -0.483. The van der Waals surface area contributed by atoms with E-state index in [1.54, 1.807) is 4.90 Å². The second kappa shape index (κ2) is 8.97. The molecule has 0 N–H and O–H groups in total. The molecule has 2 aromatic rings. The minimum Gasteiger partial charge on any atom is -0.444 e. The number of benzene rings is 2. The molecule has 3 aliphatic rings. The van der Waals surface area contributed by atoms with Gasteiger partial charge in [0.2, 0.25) is 0 Å². The third-order valence-corrected chi connectivity index (χ3v) is 7.07. The van der Waals surface area contributed by atoms with Crippen molar-refractivity contribution in [1.29, 1.82) is 0 Å². The highest BCUT2D eigenvalue weighted by atomic mass is 16.6. The number of carbonyl (C=O) groups is 2. The summed E-state index contributed by atoms with van der Waals surface area (Å²) in [5.74, 6) is 0.128. The molecule has 6 nitrogen and oxygen atoms in total. The van der Waals surface area contributed by atoms with E-state index in [-0.39, 0.29) is 11.9 Å². The van der Waals surface area contributed by atoms with Crippen LogP contribution < -0.4 is 9.80 Å². The Balaban J connectivity index is 1.30. The molecule has 2 aromatic carbocycles. The molecule has 0 bridgehead atoms. The molecule has 2 fully saturated rings. The molecule has 0 spiro atoms. The fourth-order valence-corrected chi connectivity index (χ4v) is 5.27. The molecule has 2 heterocycles. The van der Waals surface area contributed by atoms with Gasteiger partial charge in [0.1, 0.15) is 5.60 Å². The van der Waals surface area contributed by atoms with Gasteiger partial charge in [0.05, 0.1) is 0 Å². The predicted molar refractivity (Wildman–Crippen MR) is 135 cm³/mol. The number of ketones is 1. The summed E-state index contributed by atoms with van der Waals surface area (Å²) in [4.78, 5) is 32.1. The molecule has 5 rings (SSSR count). The molecule has 0 atom stereocenters. The number of nitrogens with zero attached hydrogens (tertiary/aromatic N) is 3. The van der Waals surface area contributed by atoms with Crippen molar-refractivity contribution in [3.05, 3.63) is 58.7 Å². The molecule has 0 aromatic heterocycles. The standard InChI is InChI=1S/C28H35N3O3/c1-28(2,3)34-27(33)31-15-13-30(14-16-31)23-8-10-25-21(19-23)17-20-18-22(7-9-24(20)26(25)32)29-11-5-4-6-12-29/h7-10,18-19H,4-6,11-17H2,1-3H3. The Labute approximate surface area is 202 Å². The van der Waals surface area contributed by atoms with E-state index in [1.165, 1.54) is 24.9 Å². The maximum absolute atomic E-state index is 13.2. The van der Waals surface area contributed by atoms with Gasteiger partial charge < -0.3 is 19.4 Å². The van der Waals surface area contributed by atoms with Crippen molar-refractivity contribution in [2.45, 2.75) is 52.1 Å². The Kier molecular flexibility index (Phi) is 6.00. The lowest BCUT2D eigenvalue weighted by molar-refractivity contribution is 0.0240. The zero-order valence-corrected chi connectivity index (χ0v) is 20.6. The fourth-order valence-electron chi connectivity index (χ4n) is 5.27. The van der Waals surface area contributed by atoms with Crippen LogP contribution in [0.2, 0.25) is 0 Å².